The van der Waals surface area contributed by atoms with Gasteiger partial charge >= 0.3 is 11.9 Å². The predicted octanol–water partition coefficient (Wildman–Crippen LogP) is 0.921. The van der Waals surface area contributed by atoms with E-state index in [0.717, 1.165) is 31.9 Å². The summed E-state index contributed by atoms with van der Waals surface area (Å²) in [5.74, 6) is -3.99. The molecular weight excluding hydrogens is 390 g/mol. The molecule has 1 aliphatic rings. The van der Waals surface area contributed by atoms with Crippen molar-refractivity contribution in [3.05, 3.63) is 54.1 Å². The van der Waals surface area contributed by atoms with Crippen LogP contribution in [0.5, 0.6) is 0 Å². The number of amides is 1. The number of rotatable bonds is 6. The zero-order valence-corrected chi connectivity index (χ0v) is 16.4. The summed E-state index contributed by atoms with van der Waals surface area (Å²) in [7, 11) is 0. The summed E-state index contributed by atoms with van der Waals surface area (Å²) in [6, 6.07) is 16.9. The van der Waals surface area contributed by atoms with E-state index >= 15 is 0 Å². The van der Waals surface area contributed by atoms with Crippen molar-refractivity contribution in [2.24, 2.45) is 5.73 Å². The topological polar surface area (TPSA) is 142 Å². The molecular formula is C21H25N3O6. The van der Waals surface area contributed by atoms with Crippen LogP contribution in [0.4, 0.5) is 5.69 Å². The van der Waals surface area contributed by atoms with Crippen LogP contribution in [-0.4, -0.2) is 60.9 Å². The monoisotopic (exact) mass is 415 g/mol. The van der Waals surface area contributed by atoms with Crippen molar-refractivity contribution in [3.63, 3.8) is 0 Å². The number of nitrogens with two attached hydrogens (primary N) is 1. The number of nitrogens with one attached hydrogen (secondary N) is 1. The number of benzene rings is 2. The number of carbonyl (C=O) groups excluding carboxylic acids is 1. The molecule has 0 unspecified atom stereocenters. The second-order valence-corrected chi connectivity index (χ2v) is 6.53. The Kier molecular flexibility index (Phi) is 8.79. The summed E-state index contributed by atoms with van der Waals surface area (Å²) in [4.78, 5) is 31.3. The first kappa shape index (κ1) is 22.9. The lowest BCUT2D eigenvalue weighted by atomic mass is 10.0. The molecule has 0 saturated carbocycles. The molecule has 0 spiro atoms. The van der Waals surface area contributed by atoms with E-state index < -0.39 is 11.9 Å². The van der Waals surface area contributed by atoms with Gasteiger partial charge in [0.1, 0.15) is 0 Å². The van der Waals surface area contributed by atoms with Crippen molar-refractivity contribution in [2.45, 2.75) is 6.54 Å². The van der Waals surface area contributed by atoms with Crippen molar-refractivity contribution >= 4 is 23.5 Å². The van der Waals surface area contributed by atoms with Gasteiger partial charge in [0.05, 0.1) is 19.8 Å². The van der Waals surface area contributed by atoms with Crippen LogP contribution in [0.25, 0.3) is 11.1 Å². The van der Waals surface area contributed by atoms with E-state index in [1.165, 1.54) is 16.8 Å². The molecule has 0 aromatic heterocycles. The van der Waals surface area contributed by atoms with E-state index in [0.29, 0.717) is 6.54 Å². The zero-order chi connectivity index (χ0) is 21.9. The van der Waals surface area contributed by atoms with Gasteiger partial charge in [-0.1, -0.05) is 30.3 Å². The minimum absolute atomic E-state index is 0.193. The minimum atomic E-state index is -1.82. The Balaban J connectivity index is 0.000000469. The molecule has 1 amide bonds. The number of carbonyl (C=O) groups is 3. The second kappa shape index (κ2) is 11.5. The van der Waals surface area contributed by atoms with E-state index in [1.54, 1.807) is 0 Å². The number of carboxylic acids is 2. The van der Waals surface area contributed by atoms with Crippen molar-refractivity contribution in [2.75, 3.05) is 37.7 Å². The molecule has 30 heavy (non-hydrogen) atoms. The molecule has 9 heteroatoms. The third-order valence-corrected chi connectivity index (χ3v) is 4.32. The number of aliphatic carboxylic acids is 2. The summed E-state index contributed by atoms with van der Waals surface area (Å²) in [6.45, 7) is 4.30. The number of primary amides is 1. The lowest BCUT2D eigenvalue weighted by molar-refractivity contribution is -0.159. The Labute approximate surface area is 174 Å². The Bertz CT molecular complexity index is 851. The van der Waals surface area contributed by atoms with Crippen LogP contribution in [0.15, 0.2) is 48.5 Å². The molecule has 0 radical (unpaired) electrons. The maximum absolute atomic E-state index is 10.8. The molecule has 2 aromatic carbocycles. The van der Waals surface area contributed by atoms with Gasteiger partial charge in [0.2, 0.25) is 5.91 Å². The first-order chi connectivity index (χ1) is 14.4. The Morgan fingerprint density at radius 1 is 0.967 bits per heavy atom. The predicted molar refractivity (Wildman–Crippen MR) is 111 cm³/mol. The van der Waals surface area contributed by atoms with Crippen LogP contribution >= 0.6 is 0 Å². The largest absolute Gasteiger partial charge is 0.473 e. The molecule has 0 bridgehead atoms. The second-order valence-electron chi connectivity index (χ2n) is 6.53. The van der Waals surface area contributed by atoms with Gasteiger partial charge in [0, 0.05) is 25.3 Å². The molecule has 3 rings (SSSR count). The first-order valence-corrected chi connectivity index (χ1v) is 9.34. The molecule has 1 heterocycles. The lowest BCUT2D eigenvalue weighted by Crippen LogP contribution is -2.36. The van der Waals surface area contributed by atoms with Crippen LogP contribution < -0.4 is 16.0 Å². The summed E-state index contributed by atoms with van der Waals surface area (Å²) in [6.07, 6.45) is 0. The van der Waals surface area contributed by atoms with Crippen LogP contribution in [0.3, 0.4) is 0 Å². The van der Waals surface area contributed by atoms with Gasteiger partial charge in [-0.2, -0.15) is 0 Å². The molecule has 0 aliphatic carbocycles. The summed E-state index contributed by atoms with van der Waals surface area (Å²) in [5, 5.41) is 17.8. The Morgan fingerprint density at radius 2 is 1.60 bits per heavy atom. The van der Waals surface area contributed by atoms with E-state index in [1.807, 2.05) is 12.1 Å². The van der Waals surface area contributed by atoms with Crippen molar-refractivity contribution in [1.29, 1.82) is 0 Å². The van der Waals surface area contributed by atoms with Gasteiger partial charge < -0.3 is 30.9 Å². The number of ether oxygens (including phenoxy) is 1. The summed E-state index contributed by atoms with van der Waals surface area (Å²) < 4.78 is 5.40. The smallest absolute Gasteiger partial charge is 0.414 e. The van der Waals surface area contributed by atoms with E-state index in [-0.39, 0.29) is 12.5 Å². The van der Waals surface area contributed by atoms with Gasteiger partial charge in [-0.3, -0.25) is 4.79 Å². The highest BCUT2D eigenvalue weighted by atomic mass is 16.5. The summed E-state index contributed by atoms with van der Waals surface area (Å²) in [5.41, 5.74) is 9.86. The molecule has 1 aliphatic heterocycles. The van der Waals surface area contributed by atoms with Gasteiger partial charge in [-0.05, 0) is 34.9 Å². The average molecular weight is 415 g/mol. The molecule has 160 valence electrons. The number of nitrogens with zero attached hydrogens (tertiary/aromatic N) is 1. The van der Waals surface area contributed by atoms with Gasteiger partial charge in [0.25, 0.3) is 0 Å². The highest BCUT2D eigenvalue weighted by Gasteiger charge is 2.11. The van der Waals surface area contributed by atoms with E-state index in [2.05, 4.69) is 46.6 Å². The van der Waals surface area contributed by atoms with Gasteiger partial charge in [-0.15, -0.1) is 0 Å². The van der Waals surface area contributed by atoms with Crippen molar-refractivity contribution < 1.29 is 29.3 Å². The molecule has 2 aromatic rings. The fourth-order valence-electron chi connectivity index (χ4n) is 2.88. The van der Waals surface area contributed by atoms with Crippen LogP contribution in [0, 0.1) is 0 Å². The quantitative estimate of drug-likeness (QED) is 0.510. The fraction of sp³-hybridized carbons (Fsp3) is 0.286. The SMILES string of the molecule is NC(=O)CNCc1cccc(-c2ccc(N3CCOCC3)cc2)c1.O=C(O)C(=O)O. The van der Waals surface area contributed by atoms with Crippen LogP contribution in [0.2, 0.25) is 0 Å². The highest BCUT2D eigenvalue weighted by Crippen LogP contribution is 2.24. The first-order valence-electron chi connectivity index (χ1n) is 9.34. The number of anilines is 1. The normalized spacial score (nSPS) is 13.1. The minimum Gasteiger partial charge on any atom is -0.473 e. The van der Waals surface area contributed by atoms with E-state index in [4.69, 9.17) is 30.3 Å². The number of hydrogen-bond acceptors (Lipinski definition) is 6. The third-order valence-electron chi connectivity index (χ3n) is 4.32. The molecule has 1 saturated heterocycles. The van der Waals surface area contributed by atoms with Crippen molar-refractivity contribution in [1.82, 2.24) is 5.32 Å². The standard InChI is InChI=1S/C19H23N3O2.C2H2O4/c20-19(23)14-21-13-15-2-1-3-17(12-15)16-4-6-18(7-5-16)22-8-10-24-11-9-22;3-1(4)2(5)6/h1-7,12,21H,8-11,13-14H2,(H2,20,23);(H,3,4)(H,5,6). The van der Waals surface area contributed by atoms with Crippen molar-refractivity contribution in [3.8, 4) is 11.1 Å². The molecule has 0 atom stereocenters. The maximum Gasteiger partial charge on any atom is 0.414 e. The van der Waals surface area contributed by atoms with Gasteiger partial charge in [0.15, 0.2) is 0 Å². The number of hydrogen-bond donors (Lipinski definition) is 4. The van der Waals surface area contributed by atoms with Gasteiger partial charge in [-0.25, -0.2) is 9.59 Å². The Hall–Kier alpha value is -3.43. The maximum atomic E-state index is 10.8. The molecule has 1 fully saturated rings. The third kappa shape index (κ3) is 7.53. The molecule has 9 nitrogen and oxygen atoms in total. The molecule has 5 N–H and O–H groups in total. The average Bonchev–Trinajstić information content (AvgIpc) is 2.75. The number of carboxylic acid groups (broad SMARTS) is 2. The lowest BCUT2D eigenvalue weighted by Gasteiger charge is -2.28. The van der Waals surface area contributed by atoms with Crippen LogP contribution in [-0.2, 0) is 25.7 Å². The highest BCUT2D eigenvalue weighted by molar-refractivity contribution is 6.27. The fourth-order valence-corrected chi connectivity index (χ4v) is 2.88. The number of morpholine rings is 1. The van der Waals surface area contributed by atoms with Crippen LogP contribution in [0.1, 0.15) is 5.56 Å². The zero-order valence-electron chi connectivity index (χ0n) is 16.4. The summed E-state index contributed by atoms with van der Waals surface area (Å²) >= 11 is 0. The van der Waals surface area contributed by atoms with E-state index in [9.17, 15) is 4.79 Å². The Morgan fingerprint density at radius 3 is 2.17 bits per heavy atom.